The Kier molecular flexibility index (Phi) is 14.0. The third-order valence-electron chi connectivity index (χ3n) is 13.8. The van der Waals surface area contributed by atoms with Gasteiger partial charge in [0.25, 0.3) is 0 Å². The Bertz CT molecular complexity index is 1420. The number of aliphatic imine (C=N–C) groups is 1. The molecule has 1 amide bonds. The van der Waals surface area contributed by atoms with E-state index in [1.54, 1.807) is 33.0 Å². The Morgan fingerprint density at radius 1 is 0.929 bits per heavy atom. The molecule has 0 aromatic heterocycles. The monoisotopic (exact) mass is 798 g/mol. The number of amides is 1. The lowest BCUT2D eigenvalue weighted by Crippen LogP contribution is -2.61. The van der Waals surface area contributed by atoms with Gasteiger partial charge in [0.1, 0.15) is 18.3 Å². The fourth-order valence-corrected chi connectivity index (χ4v) is 10.5. The highest BCUT2D eigenvalue weighted by Crippen LogP contribution is 2.45. The average Bonchev–Trinajstić information content (AvgIpc) is 3.27. The summed E-state index contributed by atoms with van der Waals surface area (Å²) in [5.41, 5.74) is -2.31. The van der Waals surface area contributed by atoms with Crippen molar-refractivity contribution in [1.29, 1.82) is 0 Å². The van der Waals surface area contributed by atoms with Gasteiger partial charge < -0.3 is 53.0 Å². The van der Waals surface area contributed by atoms with Crippen molar-refractivity contribution in [1.82, 2.24) is 9.80 Å². The first-order chi connectivity index (χ1) is 26.2. The molecular formula is C41H71N3O12. The first-order valence-corrected chi connectivity index (χ1v) is 20.6. The number of esters is 1. The van der Waals surface area contributed by atoms with E-state index in [2.05, 4.69) is 13.8 Å². The molecule has 2 N–H and O–H groups in total. The van der Waals surface area contributed by atoms with E-state index < -0.39 is 95.9 Å². The highest BCUT2D eigenvalue weighted by Gasteiger charge is 2.61. The number of ether oxygens (including phenoxy) is 8. The first-order valence-electron chi connectivity index (χ1n) is 20.6. The summed E-state index contributed by atoms with van der Waals surface area (Å²) in [4.78, 5) is 37.0. The van der Waals surface area contributed by atoms with Crippen molar-refractivity contribution in [3.05, 3.63) is 0 Å². The highest BCUT2D eigenvalue weighted by molar-refractivity contribution is 5.91. The van der Waals surface area contributed by atoms with Crippen molar-refractivity contribution in [2.75, 3.05) is 41.4 Å². The minimum atomic E-state index is -1.17. The number of hydrogen-bond acceptors (Lipinski definition) is 14. The SMILES string of the molecule is CC[C@H]1OC(=O)[C@H](C)[C@@H](O[C@H]2C[C@@](C)(OC)[C@@H](O)[C@H](C)O2)[C@H](C)[C@@H](O[C@@H]2O[C@H](C)C[C@H](N(C)C)[C@H]2O)[C@](C)(OC)C[C@@H](C)C2=NCCN3C(=O)OC1(C)C3C2C. The molecule has 2 bridgehead atoms. The second-order valence-electron chi connectivity index (χ2n) is 18.1. The number of fused-ring (bicyclic) bond motifs is 1. The van der Waals surface area contributed by atoms with Crippen LogP contribution in [0.4, 0.5) is 4.79 Å². The molecule has 15 heteroatoms. The van der Waals surface area contributed by atoms with Crippen molar-refractivity contribution >= 4 is 17.8 Å². The lowest BCUT2D eigenvalue weighted by atomic mass is 9.72. The van der Waals surface area contributed by atoms with Crippen molar-refractivity contribution in [2.45, 2.75) is 179 Å². The minimum Gasteiger partial charge on any atom is -0.458 e. The van der Waals surface area contributed by atoms with Gasteiger partial charge in [-0.15, -0.1) is 0 Å². The average molecular weight is 798 g/mol. The van der Waals surface area contributed by atoms with Crippen molar-refractivity contribution in [3.63, 3.8) is 0 Å². The third kappa shape index (κ3) is 8.40. The number of likely N-dealkylation sites (N-methyl/N-ethyl adjacent to an activating group) is 1. The smallest absolute Gasteiger partial charge is 0.410 e. The second-order valence-corrected chi connectivity index (χ2v) is 18.1. The highest BCUT2D eigenvalue weighted by atomic mass is 16.7. The number of cyclic esters (lactones) is 1. The van der Waals surface area contributed by atoms with Gasteiger partial charge in [0, 0.05) is 50.8 Å². The molecule has 3 unspecified atom stereocenters. The van der Waals surface area contributed by atoms with Crippen LogP contribution in [0, 0.1) is 23.7 Å². The molecule has 5 heterocycles. The number of carbonyl (C=O) groups is 2. The molecular weight excluding hydrogens is 726 g/mol. The molecule has 56 heavy (non-hydrogen) atoms. The molecule has 4 saturated heterocycles. The van der Waals surface area contributed by atoms with E-state index in [4.69, 9.17) is 42.9 Å². The van der Waals surface area contributed by atoms with Crippen molar-refractivity contribution < 1.29 is 57.7 Å². The van der Waals surface area contributed by atoms with Crippen molar-refractivity contribution in [2.24, 2.45) is 28.7 Å². The summed E-state index contributed by atoms with van der Waals surface area (Å²) in [7, 11) is 7.03. The summed E-state index contributed by atoms with van der Waals surface area (Å²) in [6.07, 6.45) is -6.03. The van der Waals surface area contributed by atoms with Crippen LogP contribution in [-0.2, 0) is 42.7 Å². The Morgan fingerprint density at radius 3 is 2.20 bits per heavy atom. The van der Waals surface area contributed by atoms with Gasteiger partial charge in [0.05, 0.1) is 54.1 Å². The van der Waals surface area contributed by atoms with Gasteiger partial charge in [-0.05, 0) is 80.8 Å². The number of aliphatic hydroxyl groups excluding tert-OH is 2. The van der Waals surface area contributed by atoms with Crippen LogP contribution < -0.4 is 0 Å². The quantitative estimate of drug-likeness (QED) is 0.341. The van der Waals surface area contributed by atoms with Gasteiger partial charge in [-0.25, -0.2) is 4.79 Å². The minimum absolute atomic E-state index is 0.160. The number of nitrogens with zero attached hydrogens (tertiary/aromatic N) is 3. The molecule has 0 spiro atoms. The summed E-state index contributed by atoms with van der Waals surface area (Å²) < 4.78 is 51.5. The van der Waals surface area contributed by atoms with Gasteiger partial charge in [0.15, 0.2) is 18.2 Å². The van der Waals surface area contributed by atoms with Crippen LogP contribution in [0.15, 0.2) is 4.99 Å². The summed E-state index contributed by atoms with van der Waals surface area (Å²) in [5, 5.41) is 22.8. The van der Waals surface area contributed by atoms with Crippen LogP contribution in [0.5, 0.6) is 0 Å². The van der Waals surface area contributed by atoms with E-state index in [1.165, 1.54) is 0 Å². The summed E-state index contributed by atoms with van der Waals surface area (Å²) in [6, 6.07) is -0.686. The summed E-state index contributed by atoms with van der Waals surface area (Å²) in [6.45, 7) is 19.9. The Hall–Kier alpha value is -1.95. The zero-order chi connectivity index (χ0) is 41.7. The molecule has 0 saturated carbocycles. The Morgan fingerprint density at radius 2 is 1.59 bits per heavy atom. The van der Waals surface area contributed by atoms with Gasteiger partial charge in [-0.3, -0.25) is 14.7 Å². The molecule has 5 aliphatic heterocycles. The summed E-state index contributed by atoms with van der Waals surface area (Å²) in [5.74, 6) is -2.46. The topological polar surface area (TPSA) is 167 Å². The lowest BCUT2D eigenvalue weighted by molar-refractivity contribution is -0.319. The number of carbonyl (C=O) groups excluding carboxylic acids is 2. The lowest BCUT2D eigenvalue weighted by Gasteiger charge is -2.50. The molecule has 0 aromatic rings. The van der Waals surface area contributed by atoms with E-state index in [9.17, 15) is 19.8 Å². The number of aliphatic hydroxyl groups is 2. The molecule has 0 radical (unpaired) electrons. The van der Waals surface area contributed by atoms with Gasteiger partial charge in [-0.1, -0.05) is 27.7 Å². The van der Waals surface area contributed by atoms with Gasteiger partial charge >= 0.3 is 12.1 Å². The van der Waals surface area contributed by atoms with Crippen molar-refractivity contribution in [3.8, 4) is 0 Å². The number of rotatable bonds is 8. The fraction of sp³-hybridized carbons (Fsp3) is 0.927. The molecule has 5 aliphatic rings. The van der Waals surface area contributed by atoms with E-state index >= 15 is 0 Å². The molecule has 5 rings (SSSR count). The predicted molar refractivity (Wildman–Crippen MR) is 207 cm³/mol. The fourth-order valence-electron chi connectivity index (χ4n) is 10.5. The third-order valence-corrected chi connectivity index (χ3v) is 13.8. The van der Waals surface area contributed by atoms with Gasteiger partial charge in [0.2, 0.25) is 0 Å². The molecule has 4 fully saturated rings. The number of methoxy groups -OCH3 is 2. The zero-order valence-corrected chi connectivity index (χ0v) is 36.2. The Balaban J connectivity index is 1.65. The molecule has 0 aliphatic carbocycles. The number of hydrogen-bond donors (Lipinski definition) is 2. The van der Waals surface area contributed by atoms with Crippen LogP contribution in [-0.4, -0.2) is 163 Å². The molecule has 15 nitrogen and oxygen atoms in total. The van der Waals surface area contributed by atoms with E-state index in [0.29, 0.717) is 32.4 Å². The van der Waals surface area contributed by atoms with Crippen LogP contribution in [0.25, 0.3) is 0 Å². The maximum atomic E-state index is 14.6. The van der Waals surface area contributed by atoms with Crippen LogP contribution in [0.2, 0.25) is 0 Å². The standard InChI is InChI=1S/C41H71N3O12/c1-15-28-41(10)33-23(4)30(42-16-17-44(33)38(48)56-41)21(2)19-40(9,50-14)35(55-37-31(45)27(43(11)12)18-22(3)51-37)24(5)32(25(6)36(47)53-28)54-29-20-39(8,49-13)34(46)26(7)52-29/h21-29,31-35,37,45-46H,15-20H2,1-14H3/t21-,22-,23?,24+,25-,26+,27+,28-,29+,31-,32+,33?,34+,35-,37+,39-,40-,41?/m1/s1. The van der Waals surface area contributed by atoms with Gasteiger partial charge in [-0.2, -0.15) is 0 Å². The van der Waals surface area contributed by atoms with Crippen LogP contribution in [0.3, 0.4) is 0 Å². The maximum Gasteiger partial charge on any atom is 0.410 e. The van der Waals surface area contributed by atoms with E-state index in [1.807, 2.05) is 60.5 Å². The molecule has 322 valence electrons. The second kappa shape index (κ2) is 17.3. The van der Waals surface area contributed by atoms with Crippen LogP contribution in [0.1, 0.15) is 94.9 Å². The largest absolute Gasteiger partial charge is 0.458 e. The predicted octanol–water partition coefficient (Wildman–Crippen LogP) is 3.79. The first kappa shape index (κ1) is 45.1. The van der Waals surface area contributed by atoms with E-state index in [-0.39, 0.29) is 30.4 Å². The Labute approximate surface area is 334 Å². The zero-order valence-electron chi connectivity index (χ0n) is 36.2. The normalized spacial score (nSPS) is 48.1. The maximum absolute atomic E-state index is 14.6. The van der Waals surface area contributed by atoms with E-state index in [0.717, 1.165) is 5.71 Å². The molecule has 18 atom stereocenters. The summed E-state index contributed by atoms with van der Waals surface area (Å²) >= 11 is 0. The van der Waals surface area contributed by atoms with Crippen LogP contribution >= 0.6 is 0 Å². The molecule has 0 aromatic carbocycles.